The van der Waals surface area contributed by atoms with Crippen molar-refractivity contribution in [2.45, 2.75) is 20.8 Å². The van der Waals surface area contributed by atoms with Crippen LogP contribution in [0, 0.1) is 19.7 Å². The van der Waals surface area contributed by atoms with E-state index in [1.807, 2.05) is 26.0 Å². The van der Waals surface area contributed by atoms with Gasteiger partial charge >= 0.3 is 0 Å². The minimum Gasteiger partial charge on any atom is -0.273 e. The van der Waals surface area contributed by atoms with E-state index >= 15 is 0 Å². The number of nitrogens with zero attached hydrogens (tertiary/aromatic N) is 4. The van der Waals surface area contributed by atoms with E-state index in [2.05, 4.69) is 10.1 Å². The van der Waals surface area contributed by atoms with Gasteiger partial charge in [0.05, 0.1) is 15.6 Å². The summed E-state index contributed by atoms with van der Waals surface area (Å²) in [6, 6.07) is 9.81. The molecule has 0 unspecified atom stereocenters. The first kappa shape index (κ1) is 19.3. The van der Waals surface area contributed by atoms with E-state index in [4.69, 9.17) is 0 Å². The standard InChI is InChI=1S/C23H17FN4O2S/c1-12-8-18-19(9-13(12)2)28-22(30)20(31-23(28)25-18)10-16-11-27(14(3)29)26-21(16)15-4-6-17(24)7-5-15/h4-11H,1-3H3/b20-10-. The molecule has 0 saturated carbocycles. The molecule has 3 aromatic heterocycles. The number of thiazole rings is 1. The molecule has 0 N–H and O–H groups in total. The van der Waals surface area contributed by atoms with Crippen molar-refractivity contribution in [1.82, 2.24) is 19.2 Å². The van der Waals surface area contributed by atoms with Crippen LogP contribution >= 0.6 is 11.3 Å². The predicted octanol–water partition coefficient (Wildman–Crippen LogP) is 3.74. The molecule has 0 aliphatic carbocycles. The molecule has 5 rings (SSSR count). The second-order valence-electron chi connectivity index (χ2n) is 7.47. The summed E-state index contributed by atoms with van der Waals surface area (Å²) in [6.07, 6.45) is 3.29. The van der Waals surface area contributed by atoms with Crippen molar-refractivity contribution in [3.63, 3.8) is 0 Å². The maximum atomic E-state index is 13.4. The van der Waals surface area contributed by atoms with Crippen molar-refractivity contribution in [3.05, 3.63) is 80.0 Å². The smallest absolute Gasteiger partial charge is 0.273 e. The predicted molar refractivity (Wildman–Crippen MR) is 119 cm³/mol. The number of carbonyl (C=O) groups is 1. The van der Waals surface area contributed by atoms with Crippen LogP contribution in [-0.4, -0.2) is 25.1 Å². The molecule has 31 heavy (non-hydrogen) atoms. The monoisotopic (exact) mass is 432 g/mol. The van der Waals surface area contributed by atoms with Crippen LogP contribution in [0.2, 0.25) is 0 Å². The summed E-state index contributed by atoms with van der Waals surface area (Å²) < 4.78 is 16.7. The van der Waals surface area contributed by atoms with Crippen molar-refractivity contribution < 1.29 is 9.18 Å². The molecule has 0 amide bonds. The molecule has 0 bridgehead atoms. The van der Waals surface area contributed by atoms with Gasteiger partial charge in [-0.25, -0.2) is 18.5 Å². The number of hydrogen-bond acceptors (Lipinski definition) is 5. The molecule has 0 aliphatic heterocycles. The van der Waals surface area contributed by atoms with Gasteiger partial charge in [0.15, 0.2) is 4.96 Å². The Morgan fingerprint density at radius 3 is 2.55 bits per heavy atom. The lowest BCUT2D eigenvalue weighted by Gasteiger charge is -1.99. The number of hydrogen-bond donors (Lipinski definition) is 0. The second-order valence-corrected chi connectivity index (χ2v) is 8.48. The van der Waals surface area contributed by atoms with Crippen LogP contribution in [0.1, 0.15) is 28.4 Å². The van der Waals surface area contributed by atoms with Gasteiger partial charge in [0.25, 0.3) is 5.56 Å². The molecular formula is C23H17FN4O2S. The molecule has 0 saturated heterocycles. The molecule has 2 aromatic carbocycles. The SMILES string of the molecule is CC(=O)n1cc(/C=c2\sc3nc4cc(C)c(C)cc4n3c2=O)c(-c2ccc(F)cc2)n1. The molecule has 6 nitrogen and oxygen atoms in total. The Kier molecular flexibility index (Phi) is 4.33. The third-order valence-electron chi connectivity index (χ3n) is 5.32. The zero-order chi connectivity index (χ0) is 21.9. The van der Waals surface area contributed by atoms with Crippen molar-refractivity contribution >= 4 is 39.3 Å². The molecule has 0 fully saturated rings. The highest BCUT2D eigenvalue weighted by atomic mass is 32.1. The fraction of sp³-hybridized carbons (Fsp3) is 0.130. The molecule has 5 aromatic rings. The number of carbonyl (C=O) groups excluding carboxylic acids is 1. The Hall–Kier alpha value is -3.65. The van der Waals surface area contributed by atoms with E-state index in [1.54, 1.807) is 28.8 Å². The molecule has 3 heterocycles. The summed E-state index contributed by atoms with van der Waals surface area (Å²) in [6.45, 7) is 5.42. The highest BCUT2D eigenvalue weighted by Crippen LogP contribution is 2.24. The van der Waals surface area contributed by atoms with Crippen LogP contribution in [-0.2, 0) is 0 Å². The number of imidazole rings is 1. The summed E-state index contributed by atoms with van der Waals surface area (Å²) in [5, 5.41) is 4.34. The fourth-order valence-corrected chi connectivity index (χ4v) is 4.52. The highest BCUT2D eigenvalue weighted by Gasteiger charge is 2.15. The zero-order valence-corrected chi connectivity index (χ0v) is 17.8. The average molecular weight is 432 g/mol. The molecule has 0 radical (unpaired) electrons. The van der Waals surface area contributed by atoms with Gasteiger partial charge in [-0.1, -0.05) is 11.3 Å². The van der Waals surface area contributed by atoms with Gasteiger partial charge in [0.2, 0.25) is 5.91 Å². The lowest BCUT2D eigenvalue weighted by Crippen LogP contribution is -2.22. The summed E-state index contributed by atoms with van der Waals surface area (Å²) in [5.74, 6) is -0.623. The first-order valence-electron chi connectivity index (χ1n) is 9.62. The summed E-state index contributed by atoms with van der Waals surface area (Å²) >= 11 is 1.28. The molecule has 8 heteroatoms. The number of aryl methyl sites for hydroxylation is 2. The molecule has 0 atom stereocenters. The number of aromatic nitrogens is 4. The van der Waals surface area contributed by atoms with E-state index < -0.39 is 0 Å². The van der Waals surface area contributed by atoms with E-state index in [0.717, 1.165) is 22.2 Å². The molecule has 154 valence electrons. The number of fused-ring (bicyclic) bond motifs is 3. The topological polar surface area (TPSA) is 69.3 Å². The quantitative estimate of drug-likeness (QED) is 0.426. The maximum Gasteiger partial charge on any atom is 0.274 e. The van der Waals surface area contributed by atoms with Gasteiger partial charge < -0.3 is 0 Å². The molecule has 0 spiro atoms. The van der Waals surface area contributed by atoms with Crippen LogP contribution in [0.4, 0.5) is 4.39 Å². The first-order chi connectivity index (χ1) is 14.8. The van der Waals surface area contributed by atoms with Crippen molar-refractivity contribution in [2.75, 3.05) is 0 Å². The van der Waals surface area contributed by atoms with Crippen LogP contribution in [0.25, 0.3) is 33.3 Å². The fourth-order valence-electron chi connectivity index (χ4n) is 3.55. The van der Waals surface area contributed by atoms with E-state index in [-0.39, 0.29) is 17.3 Å². The molecular weight excluding hydrogens is 415 g/mol. The van der Waals surface area contributed by atoms with Gasteiger partial charge in [0, 0.05) is 24.2 Å². The first-order valence-corrected chi connectivity index (χ1v) is 10.4. The Morgan fingerprint density at radius 2 is 1.84 bits per heavy atom. The van der Waals surface area contributed by atoms with Crippen LogP contribution in [0.15, 0.2) is 47.4 Å². The lowest BCUT2D eigenvalue weighted by atomic mass is 10.1. The van der Waals surface area contributed by atoms with E-state index in [9.17, 15) is 14.0 Å². The Balaban J connectivity index is 1.74. The third kappa shape index (κ3) is 3.16. The van der Waals surface area contributed by atoms with Crippen LogP contribution in [0.5, 0.6) is 0 Å². The van der Waals surface area contributed by atoms with Gasteiger partial charge in [-0.2, -0.15) is 5.10 Å². The summed E-state index contributed by atoms with van der Waals surface area (Å²) in [5.41, 5.74) is 5.34. The van der Waals surface area contributed by atoms with Gasteiger partial charge in [-0.05, 0) is 67.4 Å². The lowest BCUT2D eigenvalue weighted by molar-refractivity contribution is 0.0921. The van der Waals surface area contributed by atoms with Gasteiger partial charge in [-0.3, -0.25) is 9.59 Å². The van der Waals surface area contributed by atoms with E-state index in [1.165, 1.54) is 35.1 Å². The Labute approximate surface area is 179 Å². The van der Waals surface area contributed by atoms with Gasteiger partial charge in [0.1, 0.15) is 11.5 Å². The average Bonchev–Trinajstić information content (AvgIpc) is 3.38. The van der Waals surface area contributed by atoms with Crippen molar-refractivity contribution in [3.8, 4) is 11.3 Å². The normalized spacial score (nSPS) is 12.3. The second kappa shape index (κ2) is 6.95. The Morgan fingerprint density at radius 1 is 1.13 bits per heavy atom. The van der Waals surface area contributed by atoms with Crippen LogP contribution in [0.3, 0.4) is 0 Å². The minimum absolute atomic E-state index is 0.175. The third-order valence-corrected chi connectivity index (χ3v) is 6.29. The Bertz CT molecular complexity index is 1610. The summed E-state index contributed by atoms with van der Waals surface area (Å²) in [4.78, 5) is 30.3. The molecule has 0 aliphatic rings. The number of halogens is 1. The minimum atomic E-state index is -0.362. The highest BCUT2D eigenvalue weighted by molar-refractivity contribution is 7.15. The van der Waals surface area contributed by atoms with Crippen LogP contribution < -0.4 is 10.1 Å². The number of benzene rings is 2. The maximum absolute atomic E-state index is 13.4. The van der Waals surface area contributed by atoms with Gasteiger partial charge in [-0.15, -0.1) is 0 Å². The van der Waals surface area contributed by atoms with E-state index in [0.29, 0.717) is 26.3 Å². The van der Waals surface area contributed by atoms with Crippen molar-refractivity contribution in [2.24, 2.45) is 0 Å². The van der Waals surface area contributed by atoms with Crippen molar-refractivity contribution in [1.29, 1.82) is 0 Å². The summed E-state index contributed by atoms with van der Waals surface area (Å²) in [7, 11) is 0. The largest absolute Gasteiger partial charge is 0.274 e. The zero-order valence-electron chi connectivity index (χ0n) is 17.0. The number of rotatable bonds is 2.